The number of aromatic nitrogens is 2. The molecule has 88 valence electrons. The zero-order chi connectivity index (χ0) is 12.5. The van der Waals surface area contributed by atoms with E-state index in [1.165, 1.54) is 10.8 Å². The van der Waals surface area contributed by atoms with Gasteiger partial charge in [0.05, 0.1) is 16.3 Å². The van der Waals surface area contributed by atoms with Gasteiger partial charge in [0.25, 0.3) is 0 Å². The van der Waals surface area contributed by atoms with Crippen LogP contribution in [0.3, 0.4) is 0 Å². The Labute approximate surface area is 112 Å². The summed E-state index contributed by atoms with van der Waals surface area (Å²) < 4.78 is 1.79. The maximum Gasteiger partial charge on any atom is 0.187 e. The van der Waals surface area contributed by atoms with E-state index in [9.17, 15) is 0 Å². The molecular weight excluding hydrogens is 264 g/mol. The summed E-state index contributed by atoms with van der Waals surface area (Å²) in [5.74, 6) is 0.749. The maximum absolute atomic E-state index is 8.94. The SMILES string of the molecule is Cc1nn(-c2ccccc2)c2c1SSC(C#N)=N2. The van der Waals surface area contributed by atoms with E-state index in [0.717, 1.165) is 22.1 Å². The minimum atomic E-state index is 0.463. The van der Waals surface area contributed by atoms with Gasteiger partial charge in [-0.1, -0.05) is 18.2 Å². The van der Waals surface area contributed by atoms with Gasteiger partial charge in [-0.2, -0.15) is 10.4 Å². The lowest BCUT2D eigenvalue weighted by molar-refractivity contribution is 0.863. The second-order valence-electron chi connectivity index (χ2n) is 3.68. The Balaban J connectivity index is 2.20. The first-order valence-electron chi connectivity index (χ1n) is 5.28. The lowest BCUT2D eigenvalue weighted by Gasteiger charge is -2.08. The van der Waals surface area contributed by atoms with Crippen LogP contribution in [0.25, 0.3) is 5.69 Å². The summed E-state index contributed by atoms with van der Waals surface area (Å²) in [5, 5.41) is 13.9. The number of para-hydroxylation sites is 1. The number of nitriles is 1. The molecule has 2 heterocycles. The number of aryl methyl sites for hydroxylation is 1. The van der Waals surface area contributed by atoms with E-state index >= 15 is 0 Å². The summed E-state index contributed by atoms with van der Waals surface area (Å²) in [5.41, 5.74) is 1.89. The first-order valence-corrected chi connectivity index (χ1v) is 7.43. The molecule has 0 N–H and O–H groups in total. The lowest BCUT2D eigenvalue weighted by Crippen LogP contribution is -1.97. The Morgan fingerprint density at radius 2 is 2.00 bits per heavy atom. The molecule has 0 atom stereocenters. The highest BCUT2D eigenvalue weighted by Gasteiger charge is 2.22. The molecule has 0 spiro atoms. The number of nitrogens with zero attached hydrogens (tertiary/aromatic N) is 4. The highest BCUT2D eigenvalue weighted by molar-refractivity contribution is 8.82. The van der Waals surface area contributed by atoms with Crippen LogP contribution in [0.4, 0.5) is 5.82 Å². The third kappa shape index (κ3) is 1.82. The van der Waals surface area contributed by atoms with Gasteiger partial charge in [0.1, 0.15) is 6.07 Å². The predicted molar refractivity (Wildman–Crippen MR) is 74.5 cm³/mol. The standard InChI is InChI=1S/C12H8N4S2/c1-8-11-12(14-10(7-13)17-18-11)16(15-8)9-5-3-2-4-6-9/h2-6H,1H3. The number of rotatable bonds is 1. The fraction of sp³-hybridized carbons (Fsp3) is 0.0833. The maximum atomic E-state index is 8.94. The molecule has 4 nitrogen and oxygen atoms in total. The molecule has 0 saturated carbocycles. The van der Waals surface area contributed by atoms with Crippen molar-refractivity contribution in [3.05, 3.63) is 36.0 Å². The molecule has 1 aliphatic heterocycles. The van der Waals surface area contributed by atoms with Gasteiger partial charge in [-0.3, -0.25) is 0 Å². The van der Waals surface area contributed by atoms with Crippen LogP contribution in [-0.4, -0.2) is 14.8 Å². The fourth-order valence-electron chi connectivity index (χ4n) is 1.69. The first kappa shape index (κ1) is 11.4. The van der Waals surface area contributed by atoms with E-state index in [1.807, 2.05) is 37.3 Å². The largest absolute Gasteiger partial charge is 0.214 e. The van der Waals surface area contributed by atoms with Crippen LogP contribution < -0.4 is 0 Å². The van der Waals surface area contributed by atoms with Crippen molar-refractivity contribution in [1.82, 2.24) is 9.78 Å². The van der Waals surface area contributed by atoms with Crippen LogP contribution in [0.2, 0.25) is 0 Å². The summed E-state index contributed by atoms with van der Waals surface area (Å²) in [6, 6.07) is 11.9. The van der Waals surface area contributed by atoms with Crippen molar-refractivity contribution in [1.29, 1.82) is 5.26 Å². The monoisotopic (exact) mass is 272 g/mol. The summed E-state index contributed by atoms with van der Waals surface area (Å²) >= 11 is 0. The molecular formula is C12H8N4S2. The average Bonchev–Trinajstić information content (AvgIpc) is 2.76. The highest BCUT2D eigenvalue weighted by Crippen LogP contribution is 2.45. The Bertz CT molecular complexity index is 667. The van der Waals surface area contributed by atoms with Crippen LogP contribution in [0, 0.1) is 18.3 Å². The molecule has 0 saturated heterocycles. The topological polar surface area (TPSA) is 54.0 Å². The molecule has 1 aromatic heterocycles. The minimum absolute atomic E-state index is 0.463. The number of hydrogen-bond acceptors (Lipinski definition) is 5. The summed E-state index contributed by atoms with van der Waals surface area (Å²) in [6.07, 6.45) is 0. The quantitative estimate of drug-likeness (QED) is 0.746. The number of benzene rings is 1. The van der Waals surface area contributed by atoms with E-state index in [-0.39, 0.29) is 0 Å². The lowest BCUT2D eigenvalue weighted by atomic mass is 10.3. The molecule has 2 aromatic rings. The van der Waals surface area contributed by atoms with E-state index in [1.54, 1.807) is 15.5 Å². The molecule has 6 heteroatoms. The molecule has 0 unspecified atom stereocenters. The normalized spacial score (nSPS) is 13.7. The van der Waals surface area contributed by atoms with Crippen LogP contribution in [0.15, 0.2) is 40.2 Å². The van der Waals surface area contributed by atoms with Crippen molar-refractivity contribution in [2.24, 2.45) is 4.99 Å². The van der Waals surface area contributed by atoms with Gasteiger partial charge in [0, 0.05) is 0 Å². The Hall–Kier alpha value is -1.71. The summed E-state index contributed by atoms with van der Waals surface area (Å²) in [4.78, 5) is 5.39. The van der Waals surface area contributed by atoms with Gasteiger partial charge in [0.15, 0.2) is 10.9 Å². The molecule has 0 fully saturated rings. The van der Waals surface area contributed by atoms with E-state index in [4.69, 9.17) is 5.26 Å². The van der Waals surface area contributed by atoms with Crippen molar-refractivity contribution in [3.8, 4) is 11.8 Å². The highest BCUT2D eigenvalue weighted by atomic mass is 33.1. The van der Waals surface area contributed by atoms with Crippen molar-refractivity contribution < 1.29 is 0 Å². The predicted octanol–water partition coefficient (Wildman–Crippen LogP) is 3.49. The smallest absolute Gasteiger partial charge is 0.187 e. The van der Waals surface area contributed by atoms with Gasteiger partial charge in [-0.05, 0) is 40.6 Å². The first-order chi connectivity index (χ1) is 8.79. The van der Waals surface area contributed by atoms with Crippen LogP contribution in [0.5, 0.6) is 0 Å². The number of aliphatic imine (C=N–C) groups is 1. The Kier molecular flexibility index (Phi) is 2.86. The second kappa shape index (κ2) is 4.52. The van der Waals surface area contributed by atoms with E-state index < -0.39 is 0 Å². The van der Waals surface area contributed by atoms with Crippen molar-refractivity contribution >= 4 is 32.4 Å². The number of hydrogen-bond donors (Lipinski definition) is 0. The van der Waals surface area contributed by atoms with Gasteiger partial charge in [-0.15, -0.1) is 0 Å². The van der Waals surface area contributed by atoms with Crippen LogP contribution >= 0.6 is 21.6 Å². The Morgan fingerprint density at radius 1 is 1.22 bits per heavy atom. The van der Waals surface area contributed by atoms with Gasteiger partial charge in [0.2, 0.25) is 0 Å². The van der Waals surface area contributed by atoms with E-state index in [2.05, 4.69) is 16.2 Å². The minimum Gasteiger partial charge on any atom is -0.214 e. The summed E-state index contributed by atoms with van der Waals surface area (Å²) in [6.45, 7) is 1.96. The van der Waals surface area contributed by atoms with Crippen molar-refractivity contribution in [2.45, 2.75) is 11.8 Å². The average molecular weight is 272 g/mol. The number of fused-ring (bicyclic) bond motifs is 1. The molecule has 0 amide bonds. The second-order valence-corrected chi connectivity index (χ2v) is 5.81. The van der Waals surface area contributed by atoms with E-state index in [0.29, 0.717) is 5.04 Å². The fourth-order valence-corrected chi connectivity index (χ4v) is 3.67. The third-order valence-electron chi connectivity index (χ3n) is 2.49. The molecule has 0 radical (unpaired) electrons. The zero-order valence-corrected chi connectivity index (χ0v) is 11.1. The van der Waals surface area contributed by atoms with Gasteiger partial charge >= 0.3 is 0 Å². The molecule has 3 rings (SSSR count). The van der Waals surface area contributed by atoms with Gasteiger partial charge in [-0.25, -0.2) is 9.67 Å². The third-order valence-corrected chi connectivity index (χ3v) is 4.78. The Morgan fingerprint density at radius 3 is 2.72 bits per heavy atom. The molecule has 0 aliphatic carbocycles. The molecule has 1 aromatic carbocycles. The van der Waals surface area contributed by atoms with Crippen molar-refractivity contribution in [2.75, 3.05) is 0 Å². The molecule has 0 bridgehead atoms. The zero-order valence-electron chi connectivity index (χ0n) is 9.49. The van der Waals surface area contributed by atoms with Crippen LogP contribution in [-0.2, 0) is 0 Å². The summed E-state index contributed by atoms with van der Waals surface area (Å²) in [7, 11) is 2.92. The van der Waals surface area contributed by atoms with Crippen LogP contribution in [0.1, 0.15) is 5.69 Å². The molecule has 18 heavy (non-hydrogen) atoms. The molecule has 1 aliphatic rings. The van der Waals surface area contributed by atoms with Crippen molar-refractivity contribution in [3.63, 3.8) is 0 Å². The van der Waals surface area contributed by atoms with Gasteiger partial charge < -0.3 is 0 Å².